The molecule has 1 rings (SSSR count). The third-order valence-electron chi connectivity index (χ3n) is 2.00. The van der Waals surface area contributed by atoms with E-state index in [2.05, 4.69) is 0 Å². The van der Waals surface area contributed by atoms with Gasteiger partial charge in [0.1, 0.15) is 0 Å². The monoisotopic (exact) mass is 166 g/mol. The van der Waals surface area contributed by atoms with Crippen molar-refractivity contribution in [2.75, 3.05) is 20.1 Å². The number of hydrogen-bond acceptors (Lipinski definition) is 2. The molecule has 1 amide bonds. The minimum absolute atomic E-state index is 0.0774. The number of carbonyl (C=O) groups excluding carboxylic acids is 1. The van der Waals surface area contributed by atoms with Crippen LogP contribution in [0.5, 0.6) is 0 Å². The van der Waals surface area contributed by atoms with Crippen LogP contribution >= 0.6 is 0 Å². The molecular weight excluding hydrogens is 152 g/mol. The summed E-state index contributed by atoms with van der Waals surface area (Å²) in [7, 11) is 1.79. The van der Waals surface area contributed by atoms with E-state index in [0.29, 0.717) is 13.1 Å². The van der Waals surface area contributed by atoms with Gasteiger partial charge in [0.25, 0.3) is 5.91 Å². The van der Waals surface area contributed by atoms with Crippen molar-refractivity contribution in [2.24, 2.45) is 5.73 Å². The third kappa shape index (κ3) is 1.41. The van der Waals surface area contributed by atoms with Gasteiger partial charge in [-0.15, -0.1) is 0 Å². The van der Waals surface area contributed by atoms with E-state index in [-0.39, 0.29) is 5.91 Å². The van der Waals surface area contributed by atoms with Gasteiger partial charge < -0.3 is 10.6 Å². The van der Waals surface area contributed by atoms with Gasteiger partial charge in [-0.2, -0.15) is 0 Å². The van der Waals surface area contributed by atoms with Crippen LogP contribution in [-0.4, -0.2) is 30.9 Å². The number of nitrogens with two attached hydrogens (primary N) is 1. The highest BCUT2D eigenvalue weighted by atomic mass is 16.2. The Labute approximate surface area is 72.5 Å². The zero-order valence-electron chi connectivity index (χ0n) is 7.50. The van der Waals surface area contributed by atoms with E-state index in [9.17, 15) is 4.79 Å². The molecule has 66 valence electrons. The molecule has 0 atom stereocenters. The minimum atomic E-state index is 0.0774. The second-order valence-electron chi connectivity index (χ2n) is 2.83. The van der Waals surface area contributed by atoms with Gasteiger partial charge in [-0.25, -0.2) is 0 Å². The second-order valence-corrected chi connectivity index (χ2v) is 2.83. The second kappa shape index (κ2) is 3.54. The van der Waals surface area contributed by atoms with Crippen molar-refractivity contribution in [2.45, 2.75) is 6.92 Å². The predicted octanol–water partition coefficient (Wildman–Crippen LogP) is 0.290. The fraction of sp³-hybridized carbons (Fsp3) is 0.444. The molecule has 0 aromatic rings. The summed E-state index contributed by atoms with van der Waals surface area (Å²) in [5.74, 6) is 0.0774. The van der Waals surface area contributed by atoms with Crippen LogP contribution in [0, 0.1) is 0 Å². The van der Waals surface area contributed by atoms with Gasteiger partial charge in [-0.1, -0.05) is 12.2 Å². The highest BCUT2D eigenvalue weighted by Crippen LogP contribution is 2.21. The lowest BCUT2D eigenvalue weighted by Crippen LogP contribution is -2.19. The minimum Gasteiger partial charge on any atom is -0.337 e. The van der Waals surface area contributed by atoms with Crippen LogP contribution < -0.4 is 5.73 Å². The fourth-order valence-corrected chi connectivity index (χ4v) is 1.34. The lowest BCUT2D eigenvalue weighted by Gasteiger charge is -2.03. The molecule has 12 heavy (non-hydrogen) atoms. The molecular formula is C9H14N2O. The third-order valence-corrected chi connectivity index (χ3v) is 2.00. The summed E-state index contributed by atoms with van der Waals surface area (Å²) in [6, 6.07) is 0. The normalized spacial score (nSPS) is 24.6. The Hall–Kier alpha value is -1.09. The lowest BCUT2D eigenvalue weighted by molar-refractivity contribution is -0.123. The SMILES string of the molecule is CC=C1CN(C)C(=O)C1=CCN. The summed E-state index contributed by atoms with van der Waals surface area (Å²) in [6.07, 6.45) is 3.74. The van der Waals surface area contributed by atoms with Crippen LogP contribution in [0.1, 0.15) is 6.92 Å². The summed E-state index contributed by atoms with van der Waals surface area (Å²) < 4.78 is 0. The molecule has 2 N–H and O–H groups in total. The number of likely N-dealkylation sites (N-methyl/N-ethyl adjacent to an activating group) is 1. The average molecular weight is 166 g/mol. The van der Waals surface area contributed by atoms with Gasteiger partial charge in [0, 0.05) is 25.7 Å². The summed E-state index contributed by atoms with van der Waals surface area (Å²) in [5.41, 5.74) is 7.20. The zero-order valence-corrected chi connectivity index (χ0v) is 7.50. The maximum atomic E-state index is 11.4. The Morgan fingerprint density at radius 3 is 2.83 bits per heavy atom. The maximum absolute atomic E-state index is 11.4. The molecule has 3 nitrogen and oxygen atoms in total. The number of rotatable bonds is 1. The number of carbonyl (C=O) groups is 1. The lowest BCUT2D eigenvalue weighted by atomic mass is 10.1. The topological polar surface area (TPSA) is 46.3 Å². The molecule has 0 aromatic heterocycles. The molecule has 0 saturated carbocycles. The van der Waals surface area contributed by atoms with E-state index < -0.39 is 0 Å². The van der Waals surface area contributed by atoms with E-state index in [1.165, 1.54) is 0 Å². The Kier molecular flexibility index (Phi) is 2.65. The van der Waals surface area contributed by atoms with Crippen LogP contribution in [0.3, 0.4) is 0 Å². The first kappa shape index (κ1) is 9.00. The van der Waals surface area contributed by atoms with Crippen LogP contribution in [0.2, 0.25) is 0 Å². The van der Waals surface area contributed by atoms with Crippen molar-refractivity contribution in [3.05, 3.63) is 23.3 Å². The van der Waals surface area contributed by atoms with E-state index in [4.69, 9.17) is 5.73 Å². The number of amides is 1. The molecule has 0 aromatic carbocycles. The number of nitrogens with zero attached hydrogens (tertiary/aromatic N) is 1. The van der Waals surface area contributed by atoms with Crippen LogP contribution in [0.4, 0.5) is 0 Å². The first-order valence-electron chi connectivity index (χ1n) is 4.02. The first-order valence-corrected chi connectivity index (χ1v) is 4.02. The maximum Gasteiger partial charge on any atom is 0.253 e. The van der Waals surface area contributed by atoms with Gasteiger partial charge in [0.05, 0.1) is 0 Å². The predicted molar refractivity (Wildman–Crippen MR) is 48.5 cm³/mol. The van der Waals surface area contributed by atoms with Gasteiger partial charge >= 0.3 is 0 Å². The molecule has 1 fully saturated rings. The van der Waals surface area contributed by atoms with Gasteiger partial charge in [0.15, 0.2) is 0 Å². The van der Waals surface area contributed by atoms with Crippen LogP contribution in [0.15, 0.2) is 23.3 Å². The molecule has 0 bridgehead atoms. The zero-order chi connectivity index (χ0) is 9.14. The first-order chi connectivity index (χ1) is 5.70. The highest BCUT2D eigenvalue weighted by molar-refractivity contribution is 6.01. The van der Waals surface area contributed by atoms with Crippen molar-refractivity contribution in [3.63, 3.8) is 0 Å². The van der Waals surface area contributed by atoms with Gasteiger partial charge in [-0.3, -0.25) is 4.79 Å². The van der Waals surface area contributed by atoms with Crippen LogP contribution in [-0.2, 0) is 4.79 Å². The highest BCUT2D eigenvalue weighted by Gasteiger charge is 2.25. The largest absolute Gasteiger partial charge is 0.337 e. The Morgan fingerprint density at radius 1 is 1.67 bits per heavy atom. The van der Waals surface area contributed by atoms with E-state index in [1.807, 2.05) is 13.0 Å². The van der Waals surface area contributed by atoms with E-state index in [1.54, 1.807) is 18.0 Å². The summed E-state index contributed by atoms with van der Waals surface area (Å²) in [5, 5.41) is 0. The van der Waals surface area contributed by atoms with Crippen molar-refractivity contribution in [3.8, 4) is 0 Å². The summed E-state index contributed by atoms with van der Waals surface area (Å²) in [6.45, 7) is 3.07. The van der Waals surface area contributed by atoms with Gasteiger partial charge in [-0.05, 0) is 12.5 Å². The molecule has 3 heteroatoms. The molecule has 0 unspecified atom stereocenters. The quantitative estimate of drug-likeness (QED) is 0.569. The fourth-order valence-electron chi connectivity index (χ4n) is 1.34. The summed E-state index contributed by atoms with van der Waals surface area (Å²) in [4.78, 5) is 13.1. The molecule has 1 heterocycles. The number of likely N-dealkylation sites (tertiary alicyclic amines) is 1. The molecule has 0 aliphatic carbocycles. The standard InChI is InChI=1S/C9H14N2O/c1-3-7-6-11(2)9(12)8(7)4-5-10/h3-4H,5-6,10H2,1-2H3. The Bertz CT molecular complexity index is 253. The number of hydrogen-bond donors (Lipinski definition) is 1. The molecule has 1 aliphatic heterocycles. The van der Waals surface area contributed by atoms with Crippen molar-refractivity contribution in [1.82, 2.24) is 4.90 Å². The Morgan fingerprint density at radius 2 is 2.33 bits per heavy atom. The number of allylic oxidation sites excluding steroid dienone is 1. The van der Waals surface area contributed by atoms with Gasteiger partial charge in [0.2, 0.25) is 0 Å². The molecule has 0 radical (unpaired) electrons. The average Bonchev–Trinajstić information content (AvgIpc) is 2.33. The van der Waals surface area contributed by atoms with Crippen molar-refractivity contribution >= 4 is 5.91 Å². The molecule has 1 saturated heterocycles. The Balaban J connectivity index is 2.97. The van der Waals surface area contributed by atoms with Crippen LogP contribution in [0.25, 0.3) is 0 Å². The van der Waals surface area contributed by atoms with Crippen molar-refractivity contribution < 1.29 is 4.79 Å². The molecule has 0 spiro atoms. The molecule has 1 aliphatic rings. The van der Waals surface area contributed by atoms with E-state index in [0.717, 1.165) is 11.1 Å². The summed E-state index contributed by atoms with van der Waals surface area (Å²) >= 11 is 0. The smallest absolute Gasteiger partial charge is 0.253 e. The van der Waals surface area contributed by atoms with Crippen molar-refractivity contribution in [1.29, 1.82) is 0 Å². The van der Waals surface area contributed by atoms with E-state index >= 15 is 0 Å².